The van der Waals surface area contributed by atoms with Gasteiger partial charge in [0.2, 0.25) is 5.91 Å². The van der Waals surface area contributed by atoms with Crippen molar-refractivity contribution >= 4 is 29.2 Å². The summed E-state index contributed by atoms with van der Waals surface area (Å²) in [7, 11) is 0. The van der Waals surface area contributed by atoms with Crippen molar-refractivity contribution in [3.05, 3.63) is 103 Å². The third-order valence-corrected chi connectivity index (χ3v) is 5.72. The van der Waals surface area contributed by atoms with Crippen molar-refractivity contribution in [2.45, 2.75) is 39.3 Å². The molecule has 0 fully saturated rings. The van der Waals surface area contributed by atoms with E-state index in [0.717, 1.165) is 11.3 Å². The number of ether oxygens (including phenoxy) is 1. The molecule has 2 aromatic carbocycles. The van der Waals surface area contributed by atoms with Gasteiger partial charge >= 0.3 is 6.09 Å². The van der Waals surface area contributed by atoms with Crippen molar-refractivity contribution in [3.8, 4) is 11.3 Å². The van der Waals surface area contributed by atoms with Gasteiger partial charge in [-0.05, 0) is 63.6 Å². The van der Waals surface area contributed by atoms with Crippen molar-refractivity contribution in [2.75, 3.05) is 22.1 Å². The summed E-state index contributed by atoms with van der Waals surface area (Å²) in [5.41, 5.74) is 3.34. The Labute approximate surface area is 229 Å². The van der Waals surface area contributed by atoms with Gasteiger partial charge in [-0.2, -0.15) is 0 Å². The molecule has 4 aromatic rings. The van der Waals surface area contributed by atoms with Gasteiger partial charge in [-0.1, -0.05) is 54.6 Å². The summed E-state index contributed by atoms with van der Waals surface area (Å²) in [6.07, 6.45) is 2.89. The van der Waals surface area contributed by atoms with Gasteiger partial charge in [-0.3, -0.25) is 14.7 Å². The van der Waals surface area contributed by atoms with Crippen molar-refractivity contribution in [1.82, 2.24) is 9.97 Å². The first-order chi connectivity index (χ1) is 18.7. The van der Waals surface area contributed by atoms with Gasteiger partial charge in [-0.25, -0.2) is 9.78 Å². The predicted molar refractivity (Wildman–Crippen MR) is 155 cm³/mol. The quantitative estimate of drug-likeness (QED) is 0.267. The Balaban J connectivity index is 1.47. The molecule has 39 heavy (non-hydrogen) atoms. The molecule has 8 heteroatoms. The molecule has 2 heterocycles. The van der Waals surface area contributed by atoms with E-state index in [-0.39, 0.29) is 12.6 Å². The van der Waals surface area contributed by atoms with Crippen LogP contribution in [-0.4, -0.2) is 34.1 Å². The highest BCUT2D eigenvalue weighted by Gasteiger charge is 2.25. The molecule has 0 radical (unpaired) electrons. The van der Waals surface area contributed by atoms with E-state index in [1.807, 2.05) is 42.5 Å². The molecule has 2 N–H and O–H groups in total. The maximum atomic E-state index is 13.0. The first-order valence-electron chi connectivity index (χ1n) is 12.8. The number of amides is 2. The minimum absolute atomic E-state index is 0.0966. The number of carbonyl (C=O) groups excluding carboxylic acids is 2. The Bertz CT molecular complexity index is 1400. The lowest BCUT2D eigenvalue weighted by Gasteiger charge is -2.27. The fourth-order valence-corrected chi connectivity index (χ4v) is 3.91. The summed E-state index contributed by atoms with van der Waals surface area (Å²) >= 11 is 0. The van der Waals surface area contributed by atoms with Crippen molar-refractivity contribution in [3.63, 3.8) is 0 Å². The Morgan fingerprint density at radius 2 is 1.62 bits per heavy atom. The highest BCUT2D eigenvalue weighted by molar-refractivity contribution is 6.00. The van der Waals surface area contributed by atoms with E-state index in [0.29, 0.717) is 17.2 Å². The molecule has 0 spiro atoms. The highest BCUT2D eigenvalue weighted by atomic mass is 16.6. The number of rotatable bonds is 8. The van der Waals surface area contributed by atoms with Gasteiger partial charge in [0.25, 0.3) is 0 Å². The summed E-state index contributed by atoms with van der Waals surface area (Å²) in [6, 6.07) is 26.5. The van der Waals surface area contributed by atoms with Crippen LogP contribution in [0.2, 0.25) is 0 Å². The number of hydrogen-bond donors (Lipinski definition) is 2. The first-order valence-corrected chi connectivity index (χ1v) is 12.8. The largest absolute Gasteiger partial charge is 0.443 e. The van der Waals surface area contributed by atoms with Crippen molar-refractivity contribution in [2.24, 2.45) is 0 Å². The molecular formula is C31H33N5O3. The minimum Gasteiger partial charge on any atom is -0.443 e. The molecule has 0 saturated heterocycles. The Morgan fingerprint density at radius 3 is 2.31 bits per heavy atom. The fraction of sp³-hybridized carbons (Fsp3) is 0.226. The van der Waals surface area contributed by atoms with Gasteiger partial charge in [0, 0.05) is 29.7 Å². The number of anilines is 3. The number of hydrogen-bond acceptors (Lipinski definition) is 6. The maximum absolute atomic E-state index is 13.0. The molecule has 0 bridgehead atoms. The van der Waals surface area contributed by atoms with Crippen LogP contribution >= 0.6 is 0 Å². The lowest BCUT2D eigenvalue weighted by atomic mass is 10.1. The summed E-state index contributed by atoms with van der Waals surface area (Å²) in [4.78, 5) is 36.2. The van der Waals surface area contributed by atoms with Crippen molar-refractivity contribution < 1.29 is 14.3 Å². The molecular weight excluding hydrogens is 490 g/mol. The van der Waals surface area contributed by atoms with Crippen LogP contribution in [-0.2, 0) is 9.53 Å². The lowest BCUT2D eigenvalue weighted by molar-refractivity contribution is -0.115. The summed E-state index contributed by atoms with van der Waals surface area (Å²) < 4.78 is 5.53. The molecule has 200 valence electrons. The second-order valence-corrected chi connectivity index (χ2v) is 10.1. The molecule has 8 nitrogen and oxygen atoms in total. The summed E-state index contributed by atoms with van der Waals surface area (Å²) in [5.74, 6) is -0.0368. The van der Waals surface area contributed by atoms with E-state index < -0.39 is 17.6 Å². The SMILES string of the molecule is C[C@H](Nc1cncc(-c2cccc(NC(=O)CN(C(=O)OC(C)(C)C)c3ccccc3)n2)c1)c1ccccc1. The number of nitrogens with one attached hydrogen (secondary N) is 2. The van der Waals surface area contributed by atoms with E-state index in [2.05, 4.69) is 39.7 Å². The Kier molecular flexibility index (Phi) is 8.56. The van der Waals surface area contributed by atoms with E-state index in [1.54, 1.807) is 63.5 Å². The zero-order chi connectivity index (χ0) is 27.8. The maximum Gasteiger partial charge on any atom is 0.415 e. The molecule has 0 unspecified atom stereocenters. The van der Waals surface area contributed by atoms with Crippen LogP contribution in [0.15, 0.2) is 97.3 Å². The average Bonchev–Trinajstić information content (AvgIpc) is 2.92. The van der Waals surface area contributed by atoms with Gasteiger partial charge in [0.1, 0.15) is 18.0 Å². The van der Waals surface area contributed by atoms with Crippen LogP contribution < -0.4 is 15.5 Å². The van der Waals surface area contributed by atoms with Gasteiger partial charge in [0.05, 0.1) is 11.4 Å². The molecule has 4 rings (SSSR count). The smallest absolute Gasteiger partial charge is 0.415 e. The molecule has 0 aliphatic carbocycles. The normalized spacial score (nSPS) is 11.8. The second kappa shape index (κ2) is 12.2. The highest BCUT2D eigenvalue weighted by Crippen LogP contribution is 2.24. The van der Waals surface area contributed by atoms with Crippen LogP contribution in [0.1, 0.15) is 39.3 Å². The number of nitrogens with zero attached hydrogens (tertiary/aromatic N) is 3. The molecule has 0 saturated carbocycles. The number of carbonyl (C=O) groups is 2. The van der Waals surface area contributed by atoms with E-state index in [4.69, 9.17) is 4.74 Å². The number of pyridine rings is 2. The zero-order valence-electron chi connectivity index (χ0n) is 22.6. The van der Waals surface area contributed by atoms with Crippen LogP contribution in [0.3, 0.4) is 0 Å². The molecule has 2 amide bonds. The number of para-hydroxylation sites is 1. The number of benzene rings is 2. The van der Waals surface area contributed by atoms with Gasteiger partial charge < -0.3 is 15.4 Å². The second-order valence-electron chi connectivity index (χ2n) is 10.1. The van der Waals surface area contributed by atoms with Crippen molar-refractivity contribution in [1.29, 1.82) is 0 Å². The monoisotopic (exact) mass is 523 g/mol. The standard InChI is InChI=1S/C31H33N5O3/c1-22(23-12-7-5-8-13-23)33-25-18-24(19-32-20-25)27-16-11-17-28(34-27)35-29(37)21-36(26-14-9-6-10-15-26)30(38)39-31(2,3)4/h5-20,22,33H,21H2,1-4H3,(H,34,35,37)/t22-/m0/s1. The van der Waals surface area contributed by atoms with Crippen LogP contribution in [0.5, 0.6) is 0 Å². The Hall–Kier alpha value is -4.72. The predicted octanol–water partition coefficient (Wildman–Crippen LogP) is 6.70. The minimum atomic E-state index is -0.702. The van der Waals surface area contributed by atoms with E-state index >= 15 is 0 Å². The summed E-state index contributed by atoms with van der Waals surface area (Å²) in [6.45, 7) is 7.21. The average molecular weight is 524 g/mol. The molecule has 1 atom stereocenters. The van der Waals surface area contributed by atoms with E-state index in [1.165, 1.54) is 10.5 Å². The Morgan fingerprint density at radius 1 is 0.923 bits per heavy atom. The molecule has 0 aliphatic rings. The lowest BCUT2D eigenvalue weighted by Crippen LogP contribution is -2.41. The number of aromatic nitrogens is 2. The van der Waals surface area contributed by atoms with Gasteiger partial charge in [0.15, 0.2) is 0 Å². The van der Waals surface area contributed by atoms with E-state index in [9.17, 15) is 9.59 Å². The topological polar surface area (TPSA) is 96.5 Å². The van der Waals surface area contributed by atoms with Gasteiger partial charge in [-0.15, -0.1) is 0 Å². The zero-order valence-corrected chi connectivity index (χ0v) is 22.6. The van der Waals surface area contributed by atoms with Crippen LogP contribution in [0.4, 0.5) is 22.0 Å². The third kappa shape index (κ3) is 7.88. The molecule has 2 aromatic heterocycles. The third-order valence-electron chi connectivity index (χ3n) is 5.72. The fourth-order valence-electron chi connectivity index (χ4n) is 3.91. The molecule has 0 aliphatic heterocycles. The van der Waals surface area contributed by atoms with Crippen LogP contribution in [0, 0.1) is 0 Å². The van der Waals surface area contributed by atoms with Crippen LogP contribution in [0.25, 0.3) is 11.3 Å². The summed E-state index contributed by atoms with van der Waals surface area (Å²) in [5, 5.41) is 6.27. The first kappa shape index (κ1) is 27.3.